The van der Waals surface area contributed by atoms with Gasteiger partial charge in [-0.3, -0.25) is 4.90 Å². The van der Waals surface area contributed by atoms with E-state index in [1.54, 1.807) is 16.4 Å². The van der Waals surface area contributed by atoms with Gasteiger partial charge in [0.15, 0.2) is 0 Å². The molecule has 1 aromatic heterocycles. The molecule has 1 aliphatic heterocycles. The van der Waals surface area contributed by atoms with Crippen molar-refractivity contribution < 1.29 is 8.42 Å². The van der Waals surface area contributed by atoms with E-state index in [0.29, 0.717) is 30.7 Å². The lowest BCUT2D eigenvalue weighted by atomic mass is 10.1. The molecule has 7 nitrogen and oxygen atoms in total. The number of benzene rings is 2. The van der Waals surface area contributed by atoms with E-state index in [1.165, 1.54) is 11.6 Å². The van der Waals surface area contributed by atoms with Crippen LogP contribution in [0.5, 0.6) is 0 Å². The fraction of sp³-hybridized carbons (Fsp3) is 0.350. The maximum absolute atomic E-state index is 13.1. The zero-order valence-corrected chi connectivity index (χ0v) is 16.6. The largest absolute Gasteiger partial charge is 0.323 e. The number of sulfonamides is 1. The number of hydrogen-bond acceptors (Lipinski definition) is 4. The lowest BCUT2D eigenvalue weighted by molar-refractivity contribution is 0.130. The molecule has 0 aliphatic carbocycles. The number of nitrogens with one attached hydrogen (secondary N) is 2. The van der Waals surface area contributed by atoms with Crippen LogP contribution in [0.2, 0.25) is 0 Å². The molecule has 4 rings (SSSR count). The second kappa shape index (κ2) is 7.54. The molecule has 3 aromatic rings. The summed E-state index contributed by atoms with van der Waals surface area (Å²) >= 11 is 0. The summed E-state index contributed by atoms with van der Waals surface area (Å²) in [5.41, 5.74) is 2.05. The van der Waals surface area contributed by atoms with Crippen molar-refractivity contribution in [2.75, 3.05) is 26.2 Å². The van der Waals surface area contributed by atoms with Crippen molar-refractivity contribution in [3.05, 3.63) is 64.6 Å². The van der Waals surface area contributed by atoms with Crippen molar-refractivity contribution in [3.8, 4) is 0 Å². The second-order valence-electron chi connectivity index (χ2n) is 7.27. The summed E-state index contributed by atoms with van der Waals surface area (Å²) in [7, 11) is -3.60. The van der Waals surface area contributed by atoms with Crippen LogP contribution in [0.25, 0.3) is 11.0 Å². The van der Waals surface area contributed by atoms with Crippen LogP contribution in [0, 0.1) is 0 Å². The van der Waals surface area contributed by atoms with Gasteiger partial charge >= 0.3 is 5.69 Å². The third kappa shape index (κ3) is 3.76. The number of rotatable bonds is 5. The predicted octanol–water partition coefficient (Wildman–Crippen LogP) is 1.79. The molecular weight excluding hydrogens is 376 g/mol. The van der Waals surface area contributed by atoms with Gasteiger partial charge in [-0.2, -0.15) is 4.31 Å². The van der Waals surface area contributed by atoms with Gasteiger partial charge in [0.05, 0.1) is 15.9 Å². The molecule has 0 bridgehead atoms. The van der Waals surface area contributed by atoms with E-state index in [-0.39, 0.29) is 16.6 Å². The predicted molar refractivity (Wildman–Crippen MR) is 109 cm³/mol. The Bertz CT molecular complexity index is 1120. The van der Waals surface area contributed by atoms with Crippen LogP contribution in [0.3, 0.4) is 0 Å². The van der Waals surface area contributed by atoms with Gasteiger partial charge in [-0.1, -0.05) is 30.3 Å². The second-order valence-corrected chi connectivity index (χ2v) is 9.21. The summed E-state index contributed by atoms with van der Waals surface area (Å²) < 4.78 is 27.7. The third-order valence-corrected chi connectivity index (χ3v) is 7.24. The number of piperazine rings is 1. The van der Waals surface area contributed by atoms with Crippen LogP contribution in [-0.4, -0.2) is 59.8 Å². The minimum Gasteiger partial charge on any atom is -0.306 e. The van der Waals surface area contributed by atoms with Crippen molar-refractivity contribution >= 4 is 21.1 Å². The fourth-order valence-electron chi connectivity index (χ4n) is 3.75. The van der Waals surface area contributed by atoms with Crippen molar-refractivity contribution in [1.29, 1.82) is 0 Å². The van der Waals surface area contributed by atoms with Gasteiger partial charge in [-0.05, 0) is 37.1 Å². The average molecular weight is 401 g/mol. The Morgan fingerprint density at radius 1 is 1.04 bits per heavy atom. The topological polar surface area (TPSA) is 89.3 Å². The van der Waals surface area contributed by atoms with Gasteiger partial charge in [-0.15, -0.1) is 0 Å². The van der Waals surface area contributed by atoms with Crippen molar-refractivity contribution in [1.82, 2.24) is 19.2 Å². The molecule has 0 spiro atoms. The smallest absolute Gasteiger partial charge is 0.306 e. The number of fused-ring (bicyclic) bond motifs is 1. The Morgan fingerprint density at radius 2 is 1.79 bits per heavy atom. The van der Waals surface area contributed by atoms with Crippen LogP contribution in [0.15, 0.2) is 58.2 Å². The first kappa shape index (κ1) is 18.9. The summed E-state index contributed by atoms with van der Waals surface area (Å²) in [4.78, 5) is 19.2. The van der Waals surface area contributed by atoms with E-state index < -0.39 is 10.0 Å². The fourth-order valence-corrected chi connectivity index (χ4v) is 5.29. The van der Waals surface area contributed by atoms with E-state index in [1.807, 2.05) is 18.2 Å². The summed E-state index contributed by atoms with van der Waals surface area (Å²) in [6, 6.07) is 15.2. The molecule has 1 atom stereocenters. The summed E-state index contributed by atoms with van der Waals surface area (Å²) in [5, 5.41) is 0. The maximum atomic E-state index is 13.1. The molecule has 0 radical (unpaired) electrons. The minimum absolute atomic E-state index is 0.142. The average Bonchev–Trinajstić information content (AvgIpc) is 3.07. The highest BCUT2D eigenvalue weighted by Crippen LogP contribution is 2.22. The number of aromatic amines is 2. The summed E-state index contributed by atoms with van der Waals surface area (Å²) in [6.07, 6.45) is 0.954. The number of imidazole rings is 1. The van der Waals surface area contributed by atoms with Crippen LogP contribution in [0.4, 0.5) is 0 Å². The number of hydrogen-bond donors (Lipinski definition) is 2. The quantitative estimate of drug-likeness (QED) is 0.683. The van der Waals surface area contributed by atoms with Crippen LogP contribution >= 0.6 is 0 Å². The number of H-pyrrole nitrogens is 2. The lowest BCUT2D eigenvalue weighted by Crippen LogP contribution is -2.53. The van der Waals surface area contributed by atoms with Gasteiger partial charge in [0.2, 0.25) is 10.0 Å². The SMILES string of the molecule is CC1CN(S(=O)(=O)c2ccc3[nH]c(=O)[nH]c3c2)CCN1CCc1ccccc1. The molecule has 1 fully saturated rings. The molecule has 0 saturated carbocycles. The van der Waals surface area contributed by atoms with E-state index in [9.17, 15) is 13.2 Å². The van der Waals surface area contributed by atoms with Crippen LogP contribution in [0.1, 0.15) is 12.5 Å². The van der Waals surface area contributed by atoms with Crippen molar-refractivity contribution in [2.24, 2.45) is 0 Å². The molecule has 0 amide bonds. The molecule has 2 heterocycles. The molecule has 28 heavy (non-hydrogen) atoms. The summed E-state index contributed by atoms with van der Waals surface area (Å²) in [6.45, 7) is 4.60. The van der Waals surface area contributed by atoms with Crippen LogP contribution < -0.4 is 5.69 Å². The molecule has 148 valence electrons. The van der Waals surface area contributed by atoms with Gasteiger partial charge in [-0.25, -0.2) is 13.2 Å². The van der Waals surface area contributed by atoms with Crippen molar-refractivity contribution in [2.45, 2.75) is 24.3 Å². The van der Waals surface area contributed by atoms with Gasteiger partial charge in [0, 0.05) is 32.2 Å². The Labute approximate surface area is 164 Å². The lowest BCUT2D eigenvalue weighted by Gasteiger charge is -2.39. The first-order valence-corrected chi connectivity index (χ1v) is 10.9. The maximum Gasteiger partial charge on any atom is 0.323 e. The Morgan fingerprint density at radius 3 is 2.54 bits per heavy atom. The van der Waals surface area contributed by atoms with Gasteiger partial charge in [0.1, 0.15) is 0 Å². The Kier molecular flexibility index (Phi) is 5.09. The van der Waals surface area contributed by atoms with Crippen LogP contribution in [-0.2, 0) is 16.4 Å². The van der Waals surface area contributed by atoms with Gasteiger partial charge < -0.3 is 9.97 Å². The van der Waals surface area contributed by atoms with Gasteiger partial charge in [0.25, 0.3) is 0 Å². The highest BCUT2D eigenvalue weighted by molar-refractivity contribution is 7.89. The summed E-state index contributed by atoms with van der Waals surface area (Å²) in [5.74, 6) is 0. The number of nitrogens with zero attached hydrogens (tertiary/aromatic N) is 2. The monoisotopic (exact) mass is 400 g/mol. The van der Waals surface area contributed by atoms with E-state index in [0.717, 1.165) is 13.0 Å². The molecule has 2 N–H and O–H groups in total. The molecule has 2 aromatic carbocycles. The normalized spacial score (nSPS) is 19.2. The van der Waals surface area contributed by atoms with Crippen molar-refractivity contribution in [3.63, 3.8) is 0 Å². The molecule has 1 saturated heterocycles. The molecule has 1 unspecified atom stereocenters. The highest BCUT2D eigenvalue weighted by Gasteiger charge is 2.32. The first-order valence-electron chi connectivity index (χ1n) is 9.44. The zero-order valence-electron chi connectivity index (χ0n) is 15.8. The Balaban J connectivity index is 1.45. The first-order chi connectivity index (χ1) is 13.4. The standard InChI is InChI=1S/C20H24N4O3S/c1-15-14-24(12-11-23(15)10-9-16-5-3-2-4-6-16)28(26,27)17-7-8-18-19(13-17)22-20(25)21-18/h2-8,13,15H,9-12,14H2,1H3,(H2,21,22,25). The third-order valence-electron chi connectivity index (χ3n) is 5.38. The van der Waals surface area contributed by atoms with E-state index in [2.05, 4.69) is 33.9 Å². The highest BCUT2D eigenvalue weighted by atomic mass is 32.2. The number of aromatic nitrogens is 2. The van der Waals surface area contributed by atoms with E-state index >= 15 is 0 Å². The molecule has 1 aliphatic rings. The molecular formula is C20H24N4O3S. The minimum atomic E-state index is -3.60. The zero-order chi connectivity index (χ0) is 19.7. The Hall–Kier alpha value is -2.42. The molecule has 8 heteroatoms. The van der Waals surface area contributed by atoms with E-state index in [4.69, 9.17) is 0 Å².